The Hall–Kier alpha value is -1.95. The van der Waals surface area contributed by atoms with Gasteiger partial charge in [-0.25, -0.2) is 13.4 Å². The third-order valence-electron chi connectivity index (χ3n) is 1.99. The first-order valence-electron chi connectivity index (χ1n) is 4.97. The van der Waals surface area contributed by atoms with Crippen LogP contribution in [0, 0.1) is 0 Å². The van der Waals surface area contributed by atoms with Crippen LogP contribution >= 0.6 is 0 Å². The van der Waals surface area contributed by atoms with Gasteiger partial charge in [-0.05, 0) is 24.3 Å². The van der Waals surface area contributed by atoms with E-state index >= 15 is 0 Å². The molecule has 6 heteroatoms. The van der Waals surface area contributed by atoms with Crippen LogP contribution < -0.4 is 4.72 Å². The molecule has 2 heterocycles. The van der Waals surface area contributed by atoms with Crippen molar-refractivity contribution in [3.63, 3.8) is 0 Å². The van der Waals surface area contributed by atoms with Crippen molar-refractivity contribution in [1.29, 1.82) is 0 Å². The van der Waals surface area contributed by atoms with E-state index in [0.717, 1.165) is 0 Å². The Morgan fingerprint density at radius 1 is 1.00 bits per heavy atom. The van der Waals surface area contributed by atoms with E-state index in [1.807, 2.05) is 0 Å². The normalized spacial score (nSPS) is 11.1. The molecule has 0 atom stereocenters. The van der Waals surface area contributed by atoms with E-state index < -0.39 is 10.0 Å². The maximum absolute atomic E-state index is 11.8. The molecule has 5 nitrogen and oxygen atoms in total. The number of hydrogen-bond donors (Lipinski definition) is 1. The Bertz CT molecular complexity index is 523. The molecule has 1 N–H and O–H groups in total. The Kier molecular flexibility index (Phi) is 3.34. The second kappa shape index (κ2) is 4.92. The molecule has 2 rings (SSSR count). The van der Waals surface area contributed by atoms with Crippen molar-refractivity contribution in [1.82, 2.24) is 9.97 Å². The minimum Gasteiger partial charge on any atom is -0.267 e. The molecule has 0 aliphatic heterocycles. The first-order chi connectivity index (χ1) is 8.16. The largest absolute Gasteiger partial charge is 0.267 e. The molecule has 0 unspecified atom stereocenters. The maximum atomic E-state index is 11.8. The zero-order chi connectivity index (χ0) is 12.1. The maximum Gasteiger partial charge on any atom is 0.239 e. The highest BCUT2D eigenvalue weighted by Gasteiger charge is 2.12. The van der Waals surface area contributed by atoms with Crippen LogP contribution in [0.5, 0.6) is 0 Å². The molecule has 0 fully saturated rings. The molecule has 88 valence electrons. The lowest BCUT2D eigenvalue weighted by Gasteiger charge is -2.06. The van der Waals surface area contributed by atoms with Crippen LogP contribution in [0.15, 0.2) is 48.8 Å². The van der Waals surface area contributed by atoms with E-state index in [4.69, 9.17) is 0 Å². The van der Waals surface area contributed by atoms with E-state index in [2.05, 4.69) is 14.7 Å². The van der Waals surface area contributed by atoms with Crippen molar-refractivity contribution in [2.45, 2.75) is 5.75 Å². The van der Waals surface area contributed by atoms with Crippen LogP contribution in [0.2, 0.25) is 0 Å². The van der Waals surface area contributed by atoms with E-state index in [0.29, 0.717) is 11.5 Å². The number of rotatable bonds is 4. The van der Waals surface area contributed by atoms with E-state index in [-0.39, 0.29) is 5.75 Å². The lowest BCUT2D eigenvalue weighted by molar-refractivity contribution is 0.599. The van der Waals surface area contributed by atoms with Gasteiger partial charge in [0.25, 0.3) is 0 Å². The topological polar surface area (TPSA) is 72.0 Å². The fourth-order valence-corrected chi connectivity index (χ4v) is 2.37. The minimum atomic E-state index is -3.46. The van der Waals surface area contributed by atoms with Gasteiger partial charge in [0.15, 0.2) is 0 Å². The summed E-state index contributed by atoms with van der Waals surface area (Å²) in [5.74, 6) is 0.146. The Balaban J connectivity index is 2.11. The average molecular weight is 249 g/mol. The molecule has 0 spiro atoms. The third-order valence-corrected chi connectivity index (χ3v) is 3.18. The lowest BCUT2D eigenvalue weighted by Crippen LogP contribution is -2.16. The SMILES string of the molecule is O=S(=O)(Cc1ccccn1)Nc1ccccn1. The van der Waals surface area contributed by atoms with Crippen molar-refractivity contribution in [3.05, 3.63) is 54.5 Å². The van der Waals surface area contributed by atoms with Crippen molar-refractivity contribution >= 4 is 15.8 Å². The third kappa shape index (κ3) is 3.53. The van der Waals surface area contributed by atoms with Gasteiger partial charge in [-0.2, -0.15) is 0 Å². The molecule has 0 aliphatic rings. The number of sulfonamides is 1. The van der Waals surface area contributed by atoms with Gasteiger partial charge in [-0.3, -0.25) is 9.71 Å². The van der Waals surface area contributed by atoms with Crippen molar-refractivity contribution in [2.24, 2.45) is 0 Å². The Morgan fingerprint density at radius 3 is 2.29 bits per heavy atom. The first-order valence-corrected chi connectivity index (χ1v) is 6.62. The van der Waals surface area contributed by atoms with Crippen LogP contribution in [0.25, 0.3) is 0 Å². The smallest absolute Gasteiger partial charge is 0.239 e. The quantitative estimate of drug-likeness (QED) is 0.889. The second-order valence-electron chi connectivity index (χ2n) is 3.40. The minimum absolute atomic E-state index is 0.162. The van der Waals surface area contributed by atoms with Gasteiger partial charge in [0.05, 0.1) is 5.69 Å². The molecular weight excluding hydrogens is 238 g/mol. The zero-order valence-electron chi connectivity index (χ0n) is 8.95. The number of aromatic nitrogens is 2. The molecule has 17 heavy (non-hydrogen) atoms. The van der Waals surface area contributed by atoms with Gasteiger partial charge in [-0.15, -0.1) is 0 Å². The number of pyridine rings is 2. The average Bonchev–Trinajstić information content (AvgIpc) is 2.30. The summed E-state index contributed by atoms with van der Waals surface area (Å²) in [7, 11) is -3.46. The molecule has 0 radical (unpaired) electrons. The summed E-state index contributed by atoms with van der Waals surface area (Å²) in [6.07, 6.45) is 3.09. The molecular formula is C11H11N3O2S. The number of nitrogens with zero attached hydrogens (tertiary/aromatic N) is 2. The number of hydrogen-bond acceptors (Lipinski definition) is 4. The van der Waals surface area contributed by atoms with Gasteiger partial charge in [0, 0.05) is 12.4 Å². The van der Waals surface area contributed by atoms with Crippen LogP contribution in [-0.2, 0) is 15.8 Å². The summed E-state index contributed by atoms with van der Waals surface area (Å²) in [5.41, 5.74) is 0.496. The molecule has 0 saturated heterocycles. The highest BCUT2D eigenvalue weighted by Crippen LogP contribution is 2.07. The van der Waals surface area contributed by atoms with Gasteiger partial charge in [0.1, 0.15) is 11.6 Å². The fraction of sp³-hybridized carbons (Fsp3) is 0.0909. The van der Waals surface area contributed by atoms with Crippen LogP contribution in [0.3, 0.4) is 0 Å². The van der Waals surface area contributed by atoms with Gasteiger partial charge in [0.2, 0.25) is 10.0 Å². The Labute approximate surface area is 99.6 Å². The van der Waals surface area contributed by atoms with Gasteiger partial charge < -0.3 is 0 Å². The summed E-state index contributed by atoms with van der Waals surface area (Å²) in [5, 5.41) is 0. The van der Waals surface area contributed by atoms with Crippen molar-refractivity contribution in [2.75, 3.05) is 4.72 Å². The zero-order valence-corrected chi connectivity index (χ0v) is 9.76. The standard InChI is InChI=1S/C11H11N3O2S/c15-17(16,9-10-5-1-3-7-12-10)14-11-6-2-4-8-13-11/h1-8H,9H2,(H,13,14). The lowest BCUT2D eigenvalue weighted by atomic mass is 10.4. The van der Waals surface area contributed by atoms with Crippen molar-refractivity contribution in [3.8, 4) is 0 Å². The molecule has 0 amide bonds. The predicted molar refractivity (Wildman–Crippen MR) is 64.7 cm³/mol. The van der Waals surface area contributed by atoms with Gasteiger partial charge >= 0.3 is 0 Å². The monoisotopic (exact) mass is 249 g/mol. The van der Waals surface area contributed by atoms with Crippen LogP contribution in [-0.4, -0.2) is 18.4 Å². The highest BCUT2D eigenvalue weighted by molar-refractivity contribution is 7.91. The Morgan fingerprint density at radius 2 is 1.71 bits per heavy atom. The van der Waals surface area contributed by atoms with E-state index in [1.165, 1.54) is 6.20 Å². The predicted octanol–water partition coefficient (Wildman–Crippen LogP) is 1.42. The van der Waals surface area contributed by atoms with Gasteiger partial charge in [-0.1, -0.05) is 12.1 Å². The molecule has 0 aromatic carbocycles. The summed E-state index contributed by atoms with van der Waals surface area (Å²) in [4.78, 5) is 7.86. The molecule has 0 saturated carbocycles. The van der Waals surface area contributed by atoms with E-state index in [1.54, 1.807) is 42.6 Å². The number of anilines is 1. The second-order valence-corrected chi connectivity index (χ2v) is 5.12. The van der Waals surface area contributed by atoms with Crippen molar-refractivity contribution < 1.29 is 8.42 Å². The van der Waals surface area contributed by atoms with Crippen LogP contribution in [0.4, 0.5) is 5.82 Å². The summed E-state index contributed by atoms with van der Waals surface area (Å²) in [6, 6.07) is 10.2. The summed E-state index contributed by atoms with van der Waals surface area (Å²) < 4.78 is 25.9. The molecule has 0 bridgehead atoms. The molecule has 2 aromatic heterocycles. The highest BCUT2D eigenvalue weighted by atomic mass is 32.2. The first kappa shape index (κ1) is 11.5. The summed E-state index contributed by atoms with van der Waals surface area (Å²) >= 11 is 0. The molecule has 2 aromatic rings. The fourth-order valence-electron chi connectivity index (χ4n) is 1.30. The molecule has 0 aliphatic carbocycles. The van der Waals surface area contributed by atoms with Crippen LogP contribution in [0.1, 0.15) is 5.69 Å². The van der Waals surface area contributed by atoms with E-state index in [9.17, 15) is 8.42 Å². The number of nitrogens with one attached hydrogen (secondary N) is 1. The summed E-state index contributed by atoms with van der Waals surface area (Å²) in [6.45, 7) is 0.